The van der Waals surface area contributed by atoms with E-state index in [-0.39, 0.29) is 6.04 Å². The van der Waals surface area contributed by atoms with Crippen LogP contribution in [0.5, 0.6) is 17.2 Å². The average molecular weight is 292 g/mol. The second kappa shape index (κ2) is 6.16. The molecule has 106 valence electrons. The lowest BCUT2D eigenvalue weighted by Crippen LogP contribution is -2.08. The third-order valence-electron chi connectivity index (χ3n) is 3.06. The fourth-order valence-corrected chi connectivity index (χ4v) is 2.16. The van der Waals surface area contributed by atoms with Crippen LogP contribution in [0.4, 0.5) is 0 Å². The average Bonchev–Trinajstić information content (AvgIpc) is 2.42. The van der Waals surface area contributed by atoms with Gasteiger partial charge in [0.2, 0.25) is 0 Å². The van der Waals surface area contributed by atoms with Gasteiger partial charge in [-0.05, 0) is 49.7 Å². The molecule has 2 aromatic rings. The van der Waals surface area contributed by atoms with E-state index in [9.17, 15) is 0 Å². The maximum absolute atomic E-state index is 6.02. The summed E-state index contributed by atoms with van der Waals surface area (Å²) in [6.45, 7) is 3.84. The van der Waals surface area contributed by atoms with E-state index >= 15 is 0 Å². The van der Waals surface area contributed by atoms with Crippen molar-refractivity contribution in [2.24, 2.45) is 5.73 Å². The normalized spacial score (nSPS) is 12.1. The molecule has 4 heteroatoms. The quantitative estimate of drug-likeness (QED) is 0.904. The first kappa shape index (κ1) is 14.7. The van der Waals surface area contributed by atoms with Gasteiger partial charge in [0.15, 0.2) is 0 Å². The van der Waals surface area contributed by atoms with Gasteiger partial charge in [0.05, 0.1) is 12.7 Å². The van der Waals surface area contributed by atoms with E-state index in [0.29, 0.717) is 5.75 Å². The lowest BCUT2D eigenvalue weighted by Gasteiger charge is -2.17. The molecule has 0 aliphatic carbocycles. The van der Waals surface area contributed by atoms with Gasteiger partial charge in [-0.3, -0.25) is 0 Å². The molecule has 0 amide bonds. The maximum atomic E-state index is 6.02. The van der Waals surface area contributed by atoms with Crippen LogP contribution >= 0.6 is 11.6 Å². The summed E-state index contributed by atoms with van der Waals surface area (Å²) in [5, 5.41) is 0.718. The van der Waals surface area contributed by atoms with Crippen molar-refractivity contribution in [3.05, 3.63) is 52.5 Å². The van der Waals surface area contributed by atoms with Crippen LogP contribution in [0.3, 0.4) is 0 Å². The summed E-state index contributed by atoms with van der Waals surface area (Å²) >= 11 is 6.02. The van der Waals surface area contributed by atoms with Crippen molar-refractivity contribution in [2.45, 2.75) is 19.9 Å². The summed E-state index contributed by atoms with van der Waals surface area (Å²) in [6.07, 6.45) is 0. The second-order valence-corrected chi connectivity index (χ2v) is 5.08. The van der Waals surface area contributed by atoms with Crippen molar-refractivity contribution in [1.29, 1.82) is 0 Å². The Bertz CT molecular complexity index is 611. The maximum Gasteiger partial charge on any atom is 0.135 e. The van der Waals surface area contributed by atoms with Gasteiger partial charge in [-0.15, -0.1) is 0 Å². The number of rotatable bonds is 4. The number of methoxy groups -OCH3 is 1. The van der Waals surface area contributed by atoms with Gasteiger partial charge in [-0.2, -0.15) is 0 Å². The molecule has 0 fully saturated rings. The Kier molecular flexibility index (Phi) is 4.53. The first-order chi connectivity index (χ1) is 9.52. The van der Waals surface area contributed by atoms with Crippen LogP contribution in [0.2, 0.25) is 5.02 Å². The van der Waals surface area contributed by atoms with Gasteiger partial charge in [0, 0.05) is 11.1 Å². The minimum atomic E-state index is -0.186. The molecule has 0 unspecified atom stereocenters. The highest BCUT2D eigenvalue weighted by Crippen LogP contribution is 2.36. The van der Waals surface area contributed by atoms with Crippen molar-refractivity contribution < 1.29 is 9.47 Å². The molecule has 1 atom stereocenters. The Balaban J connectivity index is 2.40. The minimum absolute atomic E-state index is 0.186. The Morgan fingerprint density at radius 1 is 1.15 bits per heavy atom. The number of halogens is 1. The highest BCUT2D eigenvalue weighted by molar-refractivity contribution is 6.31. The summed E-state index contributed by atoms with van der Waals surface area (Å²) < 4.78 is 11.3. The number of aryl methyl sites for hydroxylation is 1. The number of benzene rings is 2. The molecule has 2 aromatic carbocycles. The third kappa shape index (κ3) is 3.06. The topological polar surface area (TPSA) is 44.5 Å². The Morgan fingerprint density at radius 2 is 1.85 bits per heavy atom. The van der Waals surface area contributed by atoms with Crippen LogP contribution in [-0.2, 0) is 0 Å². The van der Waals surface area contributed by atoms with Gasteiger partial charge in [-0.25, -0.2) is 0 Å². The van der Waals surface area contributed by atoms with E-state index < -0.39 is 0 Å². The van der Waals surface area contributed by atoms with Crippen LogP contribution in [0.15, 0.2) is 36.4 Å². The van der Waals surface area contributed by atoms with Gasteiger partial charge < -0.3 is 15.2 Å². The van der Waals surface area contributed by atoms with Crippen LogP contribution in [0, 0.1) is 6.92 Å². The lowest BCUT2D eigenvalue weighted by atomic mass is 10.1. The zero-order chi connectivity index (χ0) is 14.7. The monoisotopic (exact) mass is 291 g/mol. The molecule has 0 saturated heterocycles. The van der Waals surface area contributed by atoms with Crippen molar-refractivity contribution in [1.82, 2.24) is 0 Å². The zero-order valence-electron chi connectivity index (χ0n) is 11.8. The largest absolute Gasteiger partial charge is 0.496 e. The van der Waals surface area contributed by atoms with E-state index in [1.165, 1.54) is 0 Å². The zero-order valence-corrected chi connectivity index (χ0v) is 12.6. The van der Waals surface area contributed by atoms with Crippen molar-refractivity contribution in [3.63, 3.8) is 0 Å². The third-order valence-corrected chi connectivity index (χ3v) is 3.48. The molecule has 0 heterocycles. The van der Waals surface area contributed by atoms with E-state index in [1.807, 2.05) is 50.2 Å². The molecular weight excluding hydrogens is 274 g/mol. The molecule has 0 spiro atoms. The smallest absolute Gasteiger partial charge is 0.135 e. The summed E-state index contributed by atoms with van der Waals surface area (Å²) in [5.74, 6) is 2.14. The van der Waals surface area contributed by atoms with Crippen molar-refractivity contribution >= 4 is 11.6 Å². The first-order valence-corrected chi connectivity index (χ1v) is 6.77. The van der Waals surface area contributed by atoms with Crippen LogP contribution < -0.4 is 15.2 Å². The SMILES string of the molecule is COc1cccc(Oc2ccc(Cl)c(C)c2)c1[C@@H](C)N. The summed E-state index contributed by atoms with van der Waals surface area (Å²) in [5.41, 5.74) is 7.83. The standard InChI is InChI=1S/C16H18ClNO2/c1-10-9-12(7-8-13(10)17)20-15-6-4-5-14(19-3)16(15)11(2)18/h4-9,11H,18H2,1-3H3/t11-/m1/s1. The van der Waals surface area contributed by atoms with E-state index in [2.05, 4.69) is 0 Å². The van der Waals surface area contributed by atoms with Crippen LogP contribution in [-0.4, -0.2) is 7.11 Å². The number of hydrogen-bond donors (Lipinski definition) is 1. The highest BCUT2D eigenvalue weighted by Gasteiger charge is 2.15. The van der Waals surface area contributed by atoms with E-state index in [4.69, 9.17) is 26.8 Å². The molecule has 0 aromatic heterocycles. The van der Waals surface area contributed by atoms with Crippen molar-refractivity contribution in [3.8, 4) is 17.2 Å². The predicted octanol–water partition coefficient (Wildman–Crippen LogP) is 4.47. The Morgan fingerprint density at radius 3 is 2.45 bits per heavy atom. The highest BCUT2D eigenvalue weighted by atomic mass is 35.5. The molecule has 0 saturated carbocycles. The van der Waals surface area contributed by atoms with Gasteiger partial charge in [0.1, 0.15) is 17.2 Å². The summed E-state index contributed by atoms with van der Waals surface area (Å²) in [4.78, 5) is 0. The first-order valence-electron chi connectivity index (χ1n) is 6.39. The molecule has 3 nitrogen and oxygen atoms in total. The molecule has 2 N–H and O–H groups in total. The summed E-state index contributed by atoms with van der Waals surface area (Å²) in [6, 6.07) is 11.0. The lowest BCUT2D eigenvalue weighted by molar-refractivity contribution is 0.397. The minimum Gasteiger partial charge on any atom is -0.496 e. The second-order valence-electron chi connectivity index (χ2n) is 4.67. The predicted molar refractivity (Wildman–Crippen MR) is 81.9 cm³/mol. The molecule has 0 aliphatic rings. The number of nitrogens with two attached hydrogens (primary N) is 1. The van der Waals surface area contributed by atoms with Gasteiger partial charge >= 0.3 is 0 Å². The molecule has 20 heavy (non-hydrogen) atoms. The van der Waals surface area contributed by atoms with Crippen LogP contribution in [0.25, 0.3) is 0 Å². The van der Waals surface area contributed by atoms with E-state index in [0.717, 1.165) is 27.6 Å². The fraction of sp³-hybridized carbons (Fsp3) is 0.250. The summed E-state index contributed by atoms with van der Waals surface area (Å²) in [7, 11) is 1.62. The molecular formula is C16H18ClNO2. The molecule has 0 radical (unpaired) electrons. The number of ether oxygens (including phenoxy) is 2. The van der Waals surface area contributed by atoms with Gasteiger partial charge in [-0.1, -0.05) is 17.7 Å². The van der Waals surface area contributed by atoms with Gasteiger partial charge in [0.25, 0.3) is 0 Å². The fourth-order valence-electron chi connectivity index (χ4n) is 2.05. The van der Waals surface area contributed by atoms with E-state index in [1.54, 1.807) is 7.11 Å². The number of hydrogen-bond acceptors (Lipinski definition) is 3. The Hall–Kier alpha value is -1.71. The van der Waals surface area contributed by atoms with Crippen LogP contribution in [0.1, 0.15) is 24.1 Å². The molecule has 0 bridgehead atoms. The molecule has 0 aliphatic heterocycles. The Labute approximate surface area is 124 Å². The molecule has 2 rings (SSSR count). The van der Waals surface area contributed by atoms with Crippen molar-refractivity contribution in [2.75, 3.05) is 7.11 Å².